The van der Waals surface area contributed by atoms with E-state index in [1.807, 2.05) is 0 Å². The van der Waals surface area contributed by atoms with Crippen LogP contribution in [0.1, 0.15) is 58.8 Å². The molecule has 2 nitrogen and oxygen atoms in total. The van der Waals surface area contributed by atoms with Crippen molar-refractivity contribution in [2.24, 2.45) is 28.6 Å². The molecule has 1 unspecified atom stereocenters. The molecule has 2 heteroatoms. The lowest BCUT2D eigenvalue weighted by Gasteiger charge is -2.63. The predicted octanol–water partition coefficient (Wildman–Crippen LogP) is 4.35. The van der Waals surface area contributed by atoms with Crippen molar-refractivity contribution < 1.29 is 9.53 Å². The molecule has 4 bridgehead atoms. The third-order valence-electron chi connectivity index (χ3n) is 6.80. The lowest BCUT2D eigenvalue weighted by atomic mass is 9.42. The van der Waals surface area contributed by atoms with Gasteiger partial charge in [0.25, 0.3) is 0 Å². The van der Waals surface area contributed by atoms with Gasteiger partial charge in [-0.15, -0.1) is 0 Å². The number of carbonyl (C=O) groups excluding carboxylic acids is 1. The predicted molar refractivity (Wildman–Crippen MR) is 80.2 cm³/mol. The average Bonchev–Trinajstić information content (AvgIpc) is 2.42. The van der Waals surface area contributed by atoms with Crippen molar-refractivity contribution in [2.75, 3.05) is 6.61 Å². The first kappa shape index (κ1) is 14.2. The van der Waals surface area contributed by atoms with Gasteiger partial charge in [-0.25, -0.2) is 4.79 Å². The highest BCUT2D eigenvalue weighted by Gasteiger charge is 2.58. The molecule has 0 amide bonds. The molecule has 1 atom stereocenters. The smallest absolute Gasteiger partial charge is 0.330 e. The van der Waals surface area contributed by atoms with Gasteiger partial charge < -0.3 is 4.74 Å². The van der Waals surface area contributed by atoms with E-state index in [0.717, 1.165) is 24.2 Å². The van der Waals surface area contributed by atoms with E-state index >= 15 is 0 Å². The molecular formula is C18H28O2. The van der Waals surface area contributed by atoms with Crippen LogP contribution in [0, 0.1) is 28.6 Å². The normalized spacial score (nSPS) is 41.2. The van der Waals surface area contributed by atoms with Gasteiger partial charge in [-0.05, 0) is 68.1 Å². The number of hydrogen-bond donors (Lipinski definition) is 0. The van der Waals surface area contributed by atoms with E-state index in [1.165, 1.54) is 44.6 Å². The Bertz CT molecular complexity index is 376. The van der Waals surface area contributed by atoms with Crippen molar-refractivity contribution in [1.29, 1.82) is 0 Å². The Morgan fingerprint density at radius 3 is 2.15 bits per heavy atom. The molecule has 20 heavy (non-hydrogen) atoms. The fourth-order valence-electron chi connectivity index (χ4n) is 5.77. The van der Waals surface area contributed by atoms with Crippen LogP contribution in [0.5, 0.6) is 0 Å². The molecule has 112 valence electrons. The zero-order valence-electron chi connectivity index (χ0n) is 13.0. The molecule has 0 aromatic carbocycles. The first-order valence-electron chi connectivity index (χ1n) is 8.29. The van der Waals surface area contributed by atoms with Gasteiger partial charge >= 0.3 is 5.97 Å². The molecule has 0 heterocycles. The Hall–Kier alpha value is -0.790. The van der Waals surface area contributed by atoms with Crippen LogP contribution in [0.25, 0.3) is 0 Å². The van der Waals surface area contributed by atoms with Crippen molar-refractivity contribution in [1.82, 2.24) is 0 Å². The van der Waals surface area contributed by atoms with Gasteiger partial charge in [0.2, 0.25) is 0 Å². The van der Waals surface area contributed by atoms with Crippen molar-refractivity contribution >= 4 is 5.97 Å². The summed E-state index contributed by atoms with van der Waals surface area (Å²) >= 11 is 0. The van der Waals surface area contributed by atoms with Crippen LogP contribution < -0.4 is 0 Å². The third-order valence-corrected chi connectivity index (χ3v) is 6.80. The highest BCUT2D eigenvalue weighted by atomic mass is 16.5. The quantitative estimate of drug-likeness (QED) is 0.551. The fraction of sp³-hybridized carbons (Fsp3) is 0.833. The summed E-state index contributed by atoms with van der Waals surface area (Å²) in [5, 5.41) is 0. The van der Waals surface area contributed by atoms with Crippen molar-refractivity contribution in [3.8, 4) is 0 Å². The summed E-state index contributed by atoms with van der Waals surface area (Å²) < 4.78 is 5.48. The molecule has 0 aromatic heterocycles. The van der Waals surface area contributed by atoms with Crippen LogP contribution in [0.4, 0.5) is 0 Å². The highest BCUT2D eigenvalue weighted by molar-refractivity contribution is 5.81. The molecule has 4 fully saturated rings. The molecule has 0 aliphatic heterocycles. The minimum Gasteiger partial charge on any atom is -0.462 e. The van der Waals surface area contributed by atoms with Gasteiger partial charge in [0, 0.05) is 11.5 Å². The molecule has 4 aliphatic carbocycles. The van der Waals surface area contributed by atoms with Gasteiger partial charge in [0.1, 0.15) is 0 Å². The Morgan fingerprint density at radius 2 is 1.75 bits per heavy atom. The minimum absolute atomic E-state index is 0.141. The Balaban J connectivity index is 1.80. The van der Waals surface area contributed by atoms with Gasteiger partial charge in [0.15, 0.2) is 0 Å². The van der Waals surface area contributed by atoms with Gasteiger partial charge in [0.05, 0.1) is 6.61 Å². The maximum Gasteiger partial charge on any atom is 0.330 e. The standard InChI is InChI=1S/C18H28O2/c1-4-16(19)20-12-17(3,5-2)18-9-13-6-14(10-18)8-15(7-13)11-18/h4,13-15H,1,5-12H2,2-3H3. The van der Waals surface area contributed by atoms with E-state index < -0.39 is 0 Å². The topological polar surface area (TPSA) is 26.3 Å². The van der Waals surface area contributed by atoms with E-state index in [1.54, 1.807) is 0 Å². The molecular weight excluding hydrogens is 248 g/mol. The molecule has 0 spiro atoms. The average molecular weight is 276 g/mol. The number of carbonyl (C=O) groups is 1. The van der Waals surface area contributed by atoms with E-state index in [9.17, 15) is 4.79 Å². The second-order valence-corrected chi connectivity index (χ2v) is 7.92. The van der Waals surface area contributed by atoms with E-state index in [4.69, 9.17) is 4.74 Å². The first-order chi connectivity index (χ1) is 9.50. The SMILES string of the molecule is C=CC(=O)OCC(C)(CC)C12CC3CC(CC(C3)C1)C2. The van der Waals surface area contributed by atoms with E-state index in [0.29, 0.717) is 12.0 Å². The van der Waals surface area contributed by atoms with Crippen LogP contribution in [0.3, 0.4) is 0 Å². The zero-order valence-corrected chi connectivity index (χ0v) is 13.0. The molecule has 0 aromatic rings. The zero-order chi connectivity index (χ0) is 14.4. The second kappa shape index (κ2) is 4.89. The summed E-state index contributed by atoms with van der Waals surface area (Å²) in [6.45, 7) is 8.70. The number of rotatable bonds is 5. The summed E-state index contributed by atoms with van der Waals surface area (Å²) in [6, 6.07) is 0. The Kier molecular flexibility index (Phi) is 3.46. The second-order valence-electron chi connectivity index (χ2n) is 7.92. The summed E-state index contributed by atoms with van der Waals surface area (Å²) in [4.78, 5) is 11.5. The van der Waals surface area contributed by atoms with Crippen LogP contribution >= 0.6 is 0 Å². The van der Waals surface area contributed by atoms with Crippen LogP contribution in [0.2, 0.25) is 0 Å². The maximum atomic E-state index is 11.5. The van der Waals surface area contributed by atoms with Gasteiger partial charge in [-0.2, -0.15) is 0 Å². The molecule has 0 N–H and O–H groups in total. The molecule has 4 saturated carbocycles. The van der Waals surface area contributed by atoms with Crippen molar-refractivity contribution in [3.05, 3.63) is 12.7 Å². The summed E-state index contributed by atoms with van der Waals surface area (Å²) in [5.74, 6) is 2.57. The molecule has 0 saturated heterocycles. The molecule has 4 aliphatic rings. The van der Waals surface area contributed by atoms with E-state index in [2.05, 4.69) is 20.4 Å². The van der Waals surface area contributed by atoms with Crippen LogP contribution in [0.15, 0.2) is 12.7 Å². The number of hydrogen-bond acceptors (Lipinski definition) is 2. The van der Waals surface area contributed by atoms with E-state index in [-0.39, 0.29) is 11.4 Å². The summed E-state index contributed by atoms with van der Waals surface area (Å²) in [7, 11) is 0. The molecule has 4 rings (SSSR count). The highest BCUT2D eigenvalue weighted by Crippen LogP contribution is 2.66. The Labute approximate surface area is 123 Å². The third kappa shape index (κ3) is 2.12. The van der Waals surface area contributed by atoms with Crippen molar-refractivity contribution in [2.45, 2.75) is 58.8 Å². The summed E-state index contributed by atoms with van der Waals surface area (Å²) in [6.07, 6.45) is 10.9. The summed E-state index contributed by atoms with van der Waals surface area (Å²) in [5.41, 5.74) is 0.569. The van der Waals surface area contributed by atoms with Crippen LogP contribution in [-0.4, -0.2) is 12.6 Å². The lowest BCUT2D eigenvalue weighted by Crippen LogP contribution is -2.55. The number of esters is 1. The van der Waals surface area contributed by atoms with Crippen molar-refractivity contribution in [3.63, 3.8) is 0 Å². The monoisotopic (exact) mass is 276 g/mol. The first-order valence-corrected chi connectivity index (χ1v) is 8.29. The van der Waals surface area contributed by atoms with Gasteiger partial charge in [-0.1, -0.05) is 20.4 Å². The largest absolute Gasteiger partial charge is 0.462 e. The molecule has 0 radical (unpaired) electrons. The van der Waals surface area contributed by atoms with Crippen LogP contribution in [-0.2, 0) is 9.53 Å². The number of ether oxygens (including phenoxy) is 1. The maximum absolute atomic E-state index is 11.5. The van der Waals surface area contributed by atoms with Gasteiger partial charge in [-0.3, -0.25) is 0 Å². The lowest BCUT2D eigenvalue weighted by molar-refractivity contribution is -0.163. The fourth-order valence-corrected chi connectivity index (χ4v) is 5.77. The Morgan fingerprint density at radius 1 is 1.25 bits per heavy atom. The minimum atomic E-state index is -0.269.